The number of carboxylic acid groups (broad SMARTS) is 1. The van der Waals surface area contributed by atoms with Crippen molar-refractivity contribution in [2.75, 3.05) is 13.6 Å². The van der Waals surface area contributed by atoms with Crippen molar-refractivity contribution in [2.45, 2.75) is 33.2 Å². The Labute approximate surface area is 90.5 Å². The Balaban J connectivity index is 3.98. The number of hydrogen-bond acceptors (Lipinski definition) is 2. The highest BCUT2D eigenvalue weighted by atomic mass is 16.4. The van der Waals surface area contributed by atoms with Gasteiger partial charge in [-0.05, 0) is 13.3 Å². The predicted octanol–water partition coefficient (Wildman–Crippen LogP) is 1.15. The van der Waals surface area contributed by atoms with Gasteiger partial charge in [-0.1, -0.05) is 13.8 Å². The number of nitrogens with zero attached hydrogens (tertiary/aromatic N) is 1. The molecule has 0 aromatic heterocycles. The second-order valence-electron chi connectivity index (χ2n) is 3.79. The first-order chi connectivity index (χ1) is 6.90. The van der Waals surface area contributed by atoms with Gasteiger partial charge in [0.2, 0.25) is 0 Å². The monoisotopic (exact) mass is 216 g/mol. The van der Waals surface area contributed by atoms with Crippen LogP contribution in [-0.4, -0.2) is 41.6 Å². The van der Waals surface area contributed by atoms with Crippen LogP contribution in [0.25, 0.3) is 0 Å². The summed E-state index contributed by atoms with van der Waals surface area (Å²) in [5.74, 6) is -1.46. The van der Waals surface area contributed by atoms with E-state index in [0.717, 1.165) is 6.42 Å². The third-order valence-electron chi connectivity index (χ3n) is 2.55. The molecule has 0 radical (unpaired) electrons. The van der Waals surface area contributed by atoms with Crippen LogP contribution in [0, 0.1) is 5.92 Å². The fourth-order valence-electron chi connectivity index (χ4n) is 0.926. The molecule has 0 saturated carbocycles. The highest BCUT2D eigenvalue weighted by Gasteiger charge is 2.16. The molecule has 0 rings (SSSR count). The molecule has 0 spiro atoms. The highest BCUT2D eigenvalue weighted by molar-refractivity contribution is 5.75. The molecule has 0 bridgehead atoms. The van der Waals surface area contributed by atoms with E-state index in [1.807, 2.05) is 13.8 Å². The number of carbonyl (C=O) groups excluding carboxylic acids is 1. The van der Waals surface area contributed by atoms with E-state index in [4.69, 9.17) is 5.11 Å². The van der Waals surface area contributed by atoms with E-state index >= 15 is 0 Å². The van der Waals surface area contributed by atoms with Gasteiger partial charge in [0.1, 0.15) is 0 Å². The molecular formula is C10H20N2O3. The SMILES string of the molecule is CCC(C)N(C)C(=O)NCC(C)C(=O)O. The van der Waals surface area contributed by atoms with Gasteiger partial charge in [0.25, 0.3) is 0 Å². The minimum absolute atomic E-state index is 0.158. The Kier molecular flexibility index (Phi) is 5.74. The lowest BCUT2D eigenvalue weighted by atomic mass is 10.2. The lowest BCUT2D eigenvalue weighted by Crippen LogP contribution is -2.44. The van der Waals surface area contributed by atoms with Crippen LogP contribution in [0.1, 0.15) is 27.2 Å². The second-order valence-corrected chi connectivity index (χ2v) is 3.79. The number of rotatable bonds is 5. The molecular weight excluding hydrogens is 196 g/mol. The smallest absolute Gasteiger partial charge is 0.317 e. The fourth-order valence-corrected chi connectivity index (χ4v) is 0.926. The first-order valence-electron chi connectivity index (χ1n) is 5.13. The summed E-state index contributed by atoms with van der Waals surface area (Å²) in [4.78, 5) is 23.6. The van der Waals surface area contributed by atoms with Gasteiger partial charge in [0.05, 0.1) is 5.92 Å². The maximum absolute atomic E-state index is 11.5. The van der Waals surface area contributed by atoms with E-state index in [2.05, 4.69) is 5.32 Å². The van der Waals surface area contributed by atoms with E-state index < -0.39 is 11.9 Å². The third kappa shape index (κ3) is 4.67. The molecule has 0 aromatic rings. The first kappa shape index (κ1) is 13.7. The average molecular weight is 216 g/mol. The summed E-state index contributed by atoms with van der Waals surface area (Å²) in [7, 11) is 1.70. The van der Waals surface area contributed by atoms with Crippen LogP contribution in [0.15, 0.2) is 0 Å². The van der Waals surface area contributed by atoms with Gasteiger partial charge in [-0.3, -0.25) is 4.79 Å². The van der Waals surface area contributed by atoms with Gasteiger partial charge < -0.3 is 15.3 Å². The summed E-state index contributed by atoms with van der Waals surface area (Å²) in [5, 5.41) is 11.2. The number of amides is 2. The zero-order chi connectivity index (χ0) is 12.0. The molecule has 2 N–H and O–H groups in total. The Hall–Kier alpha value is -1.26. The standard InChI is InChI=1S/C10H20N2O3/c1-5-8(3)12(4)10(15)11-6-7(2)9(13)14/h7-8H,5-6H2,1-4H3,(H,11,15)(H,13,14). The van der Waals surface area contributed by atoms with Crippen molar-refractivity contribution in [3.8, 4) is 0 Å². The van der Waals surface area contributed by atoms with Gasteiger partial charge in [-0.2, -0.15) is 0 Å². The third-order valence-corrected chi connectivity index (χ3v) is 2.55. The molecule has 0 fully saturated rings. The topological polar surface area (TPSA) is 69.6 Å². The van der Waals surface area contributed by atoms with Crippen LogP contribution < -0.4 is 5.32 Å². The summed E-state index contributed by atoms with van der Waals surface area (Å²) in [6.07, 6.45) is 0.873. The fraction of sp³-hybridized carbons (Fsp3) is 0.800. The van der Waals surface area contributed by atoms with Crippen molar-refractivity contribution in [3.63, 3.8) is 0 Å². The van der Waals surface area contributed by atoms with Crippen molar-refractivity contribution in [1.82, 2.24) is 10.2 Å². The van der Waals surface area contributed by atoms with Crippen molar-refractivity contribution >= 4 is 12.0 Å². The summed E-state index contributed by atoms with van der Waals surface area (Å²) in [6.45, 7) is 5.66. The lowest BCUT2D eigenvalue weighted by molar-refractivity contribution is -0.140. The molecule has 0 aromatic carbocycles. The molecule has 2 unspecified atom stereocenters. The zero-order valence-electron chi connectivity index (χ0n) is 9.78. The van der Waals surface area contributed by atoms with E-state index in [-0.39, 0.29) is 18.6 Å². The number of urea groups is 1. The molecule has 2 atom stereocenters. The van der Waals surface area contributed by atoms with E-state index in [0.29, 0.717) is 0 Å². The number of hydrogen-bond donors (Lipinski definition) is 2. The summed E-state index contributed by atoms with van der Waals surface area (Å²) in [5.41, 5.74) is 0. The Bertz CT molecular complexity index is 231. The molecule has 0 heterocycles. The summed E-state index contributed by atoms with van der Waals surface area (Å²) < 4.78 is 0. The minimum atomic E-state index is -0.901. The Morgan fingerprint density at radius 2 is 1.93 bits per heavy atom. The van der Waals surface area contributed by atoms with Gasteiger partial charge in [-0.25, -0.2) is 4.79 Å². The van der Waals surface area contributed by atoms with E-state index in [1.165, 1.54) is 0 Å². The summed E-state index contributed by atoms with van der Waals surface area (Å²) >= 11 is 0. The van der Waals surface area contributed by atoms with Gasteiger partial charge in [0.15, 0.2) is 0 Å². The van der Waals surface area contributed by atoms with Crippen molar-refractivity contribution in [3.05, 3.63) is 0 Å². The maximum atomic E-state index is 11.5. The highest BCUT2D eigenvalue weighted by Crippen LogP contribution is 2.00. The molecule has 0 aliphatic rings. The quantitative estimate of drug-likeness (QED) is 0.724. The van der Waals surface area contributed by atoms with Crippen LogP contribution in [0.5, 0.6) is 0 Å². The Morgan fingerprint density at radius 1 is 1.40 bits per heavy atom. The van der Waals surface area contributed by atoms with Gasteiger partial charge in [-0.15, -0.1) is 0 Å². The van der Waals surface area contributed by atoms with E-state index in [1.54, 1.807) is 18.9 Å². The van der Waals surface area contributed by atoms with Crippen LogP contribution in [-0.2, 0) is 4.79 Å². The van der Waals surface area contributed by atoms with Crippen molar-refractivity contribution < 1.29 is 14.7 Å². The molecule has 5 heteroatoms. The van der Waals surface area contributed by atoms with E-state index in [9.17, 15) is 9.59 Å². The summed E-state index contributed by atoms with van der Waals surface area (Å²) in [6, 6.07) is -0.0671. The van der Waals surface area contributed by atoms with Crippen LogP contribution >= 0.6 is 0 Å². The normalized spacial score (nSPS) is 14.1. The molecule has 0 aliphatic heterocycles. The zero-order valence-corrected chi connectivity index (χ0v) is 9.78. The molecule has 15 heavy (non-hydrogen) atoms. The van der Waals surface area contributed by atoms with Crippen LogP contribution in [0.2, 0.25) is 0 Å². The number of carboxylic acids is 1. The minimum Gasteiger partial charge on any atom is -0.481 e. The predicted molar refractivity (Wildman–Crippen MR) is 57.7 cm³/mol. The maximum Gasteiger partial charge on any atom is 0.317 e. The largest absolute Gasteiger partial charge is 0.481 e. The Morgan fingerprint density at radius 3 is 2.33 bits per heavy atom. The second kappa shape index (κ2) is 6.27. The van der Waals surface area contributed by atoms with Gasteiger partial charge in [0, 0.05) is 19.6 Å². The molecule has 88 valence electrons. The molecule has 0 saturated heterocycles. The average Bonchev–Trinajstić information content (AvgIpc) is 2.22. The van der Waals surface area contributed by atoms with Gasteiger partial charge >= 0.3 is 12.0 Å². The van der Waals surface area contributed by atoms with Crippen molar-refractivity contribution in [2.24, 2.45) is 5.92 Å². The van der Waals surface area contributed by atoms with Crippen LogP contribution in [0.4, 0.5) is 4.79 Å². The van der Waals surface area contributed by atoms with Crippen LogP contribution in [0.3, 0.4) is 0 Å². The lowest BCUT2D eigenvalue weighted by Gasteiger charge is -2.24. The molecule has 5 nitrogen and oxygen atoms in total. The first-order valence-corrected chi connectivity index (χ1v) is 5.13. The van der Waals surface area contributed by atoms with Crippen molar-refractivity contribution in [1.29, 1.82) is 0 Å². The number of nitrogens with one attached hydrogen (secondary N) is 1. The number of carbonyl (C=O) groups is 2. The molecule has 2 amide bonds. The number of aliphatic carboxylic acids is 1. The molecule has 0 aliphatic carbocycles.